The lowest BCUT2D eigenvalue weighted by Crippen LogP contribution is -2.31. The Morgan fingerprint density at radius 3 is 2.61 bits per heavy atom. The van der Waals surface area contributed by atoms with Gasteiger partial charge >= 0.3 is 5.97 Å². The first-order valence-electron chi connectivity index (χ1n) is 9.81. The molecule has 0 aliphatic carbocycles. The molecule has 0 aliphatic rings. The standard InChI is InChI=1S/C23H21N3O5/c1-14(20-11-15-7-3-6-10-19(15)31-20)24-21(27)13-30-22(28)12-18-16-8-4-5-9-17(16)23(29)26(2)25-18/h3-11,14H,12-13H2,1-2H3,(H,24,27)/t14-/m0/s1. The molecular formula is C23H21N3O5. The maximum atomic E-state index is 12.3. The number of hydrogen-bond acceptors (Lipinski definition) is 6. The van der Waals surface area contributed by atoms with E-state index in [1.807, 2.05) is 30.3 Å². The van der Waals surface area contributed by atoms with E-state index in [2.05, 4.69) is 10.4 Å². The number of furan rings is 1. The zero-order chi connectivity index (χ0) is 22.0. The Morgan fingerprint density at radius 2 is 1.84 bits per heavy atom. The highest BCUT2D eigenvalue weighted by Gasteiger charge is 2.17. The van der Waals surface area contributed by atoms with E-state index in [0.717, 1.165) is 11.0 Å². The fourth-order valence-electron chi connectivity index (χ4n) is 3.41. The van der Waals surface area contributed by atoms with Crippen molar-refractivity contribution in [3.63, 3.8) is 0 Å². The summed E-state index contributed by atoms with van der Waals surface area (Å²) in [6.45, 7) is 1.37. The average molecular weight is 419 g/mol. The van der Waals surface area contributed by atoms with Crippen molar-refractivity contribution in [3.8, 4) is 0 Å². The average Bonchev–Trinajstić information content (AvgIpc) is 3.20. The van der Waals surface area contributed by atoms with Gasteiger partial charge in [0.05, 0.1) is 23.5 Å². The highest BCUT2D eigenvalue weighted by molar-refractivity contribution is 5.88. The minimum absolute atomic E-state index is 0.152. The van der Waals surface area contributed by atoms with Crippen molar-refractivity contribution in [3.05, 3.63) is 76.4 Å². The molecule has 0 aliphatic heterocycles. The molecule has 8 nitrogen and oxygen atoms in total. The maximum Gasteiger partial charge on any atom is 0.312 e. The molecule has 0 radical (unpaired) electrons. The Hall–Kier alpha value is -3.94. The highest BCUT2D eigenvalue weighted by atomic mass is 16.5. The number of fused-ring (bicyclic) bond motifs is 2. The van der Waals surface area contributed by atoms with Gasteiger partial charge < -0.3 is 14.5 Å². The van der Waals surface area contributed by atoms with E-state index >= 15 is 0 Å². The van der Waals surface area contributed by atoms with Crippen molar-refractivity contribution >= 4 is 33.6 Å². The summed E-state index contributed by atoms with van der Waals surface area (Å²) in [7, 11) is 1.52. The molecule has 2 aromatic carbocycles. The van der Waals surface area contributed by atoms with E-state index in [0.29, 0.717) is 22.2 Å². The van der Waals surface area contributed by atoms with Gasteiger partial charge in [-0.15, -0.1) is 0 Å². The number of nitrogens with one attached hydrogen (secondary N) is 1. The summed E-state index contributed by atoms with van der Waals surface area (Å²) in [6, 6.07) is 16.0. The molecule has 31 heavy (non-hydrogen) atoms. The third kappa shape index (κ3) is 4.32. The minimum Gasteiger partial charge on any atom is -0.459 e. The van der Waals surface area contributed by atoms with Crippen LogP contribution in [0.1, 0.15) is 24.4 Å². The molecule has 0 saturated carbocycles. The van der Waals surface area contributed by atoms with Crippen molar-refractivity contribution < 1.29 is 18.7 Å². The lowest BCUT2D eigenvalue weighted by atomic mass is 10.1. The van der Waals surface area contributed by atoms with Gasteiger partial charge in [-0.05, 0) is 25.1 Å². The number of benzene rings is 2. The second-order valence-electron chi connectivity index (χ2n) is 7.23. The first kappa shape index (κ1) is 20.3. The summed E-state index contributed by atoms with van der Waals surface area (Å²) in [4.78, 5) is 36.7. The van der Waals surface area contributed by atoms with Gasteiger partial charge in [0.25, 0.3) is 11.5 Å². The predicted molar refractivity (Wildman–Crippen MR) is 114 cm³/mol. The van der Waals surface area contributed by atoms with Gasteiger partial charge in [0.1, 0.15) is 11.3 Å². The second kappa shape index (κ2) is 8.43. The first-order chi connectivity index (χ1) is 14.9. The van der Waals surface area contributed by atoms with Gasteiger partial charge in [-0.2, -0.15) is 5.10 Å². The van der Waals surface area contributed by atoms with Crippen LogP contribution in [0.3, 0.4) is 0 Å². The fourth-order valence-corrected chi connectivity index (χ4v) is 3.41. The summed E-state index contributed by atoms with van der Waals surface area (Å²) >= 11 is 0. The number of rotatable bonds is 6. The zero-order valence-corrected chi connectivity index (χ0v) is 17.1. The molecular weight excluding hydrogens is 398 g/mol. The first-order valence-corrected chi connectivity index (χ1v) is 9.81. The number of esters is 1. The Bertz CT molecular complexity index is 1310. The number of carbonyl (C=O) groups excluding carboxylic acids is 2. The molecule has 158 valence electrons. The molecule has 2 aromatic heterocycles. The zero-order valence-electron chi connectivity index (χ0n) is 17.1. The summed E-state index contributed by atoms with van der Waals surface area (Å²) in [5, 5.41) is 8.93. The van der Waals surface area contributed by atoms with Crippen LogP contribution in [-0.4, -0.2) is 28.3 Å². The van der Waals surface area contributed by atoms with Crippen LogP contribution in [0.5, 0.6) is 0 Å². The van der Waals surface area contributed by atoms with Crippen LogP contribution < -0.4 is 10.9 Å². The second-order valence-corrected chi connectivity index (χ2v) is 7.23. The van der Waals surface area contributed by atoms with Gasteiger partial charge in [0, 0.05) is 17.8 Å². The molecule has 1 N–H and O–H groups in total. The van der Waals surface area contributed by atoms with Crippen molar-refractivity contribution in [2.24, 2.45) is 7.05 Å². The van der Waals surface area contributed by atoms with Crippen LogP contribution in [-0.2, 0) is 27.8 Å². The van der Waals surface area contributed by atoms with E-state index in [1.165, 1.54) is 11.7 Å². The quantitative estimate of drug-likeness (QED) is 0.482. The molecule has 0 fully saturated rings. The van der Waals surface area contributed by atoms with Crippen LogP contribution in [0.2, 0.25) is 0 Å². The molecule has 4 aromatic rings. The molecule has 0 saturated heterocycles. The van der Waals surface area contributed by atoms with E-state index in [-0.39, 0.29) is 18.0 Å². The molecule has 2 heterocycles. The Morgan fingerprint density at radius 1 is 1.13 bits per heavy atom. The number of amides is 1. The van der Waals surface area contributed by atoms with Crippen molar-refractivity contribution in [1.82, 2.24) is 15.1 Å². The van der Waals surface area contributed by atoms with E-state index < -0.39 is 18.5 Å². The van der Waals surface area contributed by atoms with Crippen LogP contribution >= 0.6 is 0 Å². The van der Waals surface area contributed by atoms with Gasteiger partial charge in [0.2, 0.25) is 0 Å². The van der Waals surface area contributed by atoms with E-state index in [4.69, 9.17) is 9.15 Å². The molecule has 0 bridgehead atoms. The smallest absolute Gasteiger partial charge is 0.312 e. The monoisotopic (exact) mass is 419 g/mol. The van der Waals surface area contributed by atoms with Gasteiger partial charge in [-0.3, -0.25) is 14.4 Å². The van der Waals surface area contributed by atoms with Gasteiger partial charge in [-0.1, -0.05) is 36.4 Å². The normalized spacial score (nSPS) is 12.1. The van der Waals surface area contributed by atoms with Gasteiger partial charge in [0.15, 0.2) is 6.61 Å². The van der Waals surface area contributed by atoms with Crippen molar-refractivity contribution in [2.75, 3.05) is 6.61 Å². The molecule has 1 amide bonds. The SMILES string of the molecule is C[C@H](NC(=O)COC(=O)Cc1nn(C)c(=O)c2ccccc12)c1cc2ccccc2o1. The summed E-state index contributed by atoms with van der Waals surface area (Å²) in [6.07, 6.45) is -0.152. The lowest BCUT2D eigenvalue weighted by molar-refractivity contribution is -0.148. The van der Waals surface area contributed by atoms with Crippen molar-refractivity contribution in [1.29, 1.82) is 0 Å². The molecule has 4 rings (SSSR count). The molecule has 1 atom stereocenters. The number of hydrogen-bond donors (Lipinski definition) is 1. The number of para-hydroxylation sites is 1. The predicted octanol–water partition coefficient (Wildman–Crippen LogP) is 2.64. The lowest BCUT2D eigenvalue weighted by Gasteiger charge is -2.12. The maximum absolute atomic E-state index is 12.3. The van der Waals surface area contributed by atoms with Crippen molar-refractivity contribution in [2.45, 2.75) is 19.4 Å². The fraction of sp³-hybridized carbons (Fsp3) is 0.217. The highest BCUT2D eigenvalue weighted by Crippen LogP contribution is 2.23. The Balaban J connectivity index is 1.36. The largest absolute Gasteiger partial charge is 0.459 e. The van der Waals surface area contributed by atoms with Crippen LogP contribution in [0.25, 0.3) is 21.7 Å². The molecule has 0 spiro atoms. The van der Waals surface area contributed by atoms with Crippen LogP contribution in [0, 0.1) is 0 Å². The molecule has 8 heteroatoms. The Labute approximate surface area is 177 Å². The summed E-state index contributed by atoms with van der Waals surface area (Å²) < 4.78 is 12.0. The minimum atomic E-state index is -0.608. The summed E-state index contributed by atoms with van der Waals surface area (Å²) in [5.74, 6) is -0.441. The van der Waals surface area contributed by atoms with Crippen LogP contribution in [0.4, 0.5) is 0 Å². The van der Waals surface area contributed by atoms with E-state index in [1.54, 1.807) is 31.2 Å². The third-order valence-corrected chi connectivity index (χ3v) is 4.96. The van der Waals surface area contributed by atoms with E-state index in [9.17, 15) is 14.4 Å². The number of carbonyl (C=O) groups is 2. The summed E-state index contributed by atoms with van der Waals surface area (Å²) in [5.41, 5.74) is 0.910. The number of nitrogens with zero attached hydrogens (tertiary/aromatic N) is 2. The Kier molecular flexibility index (Phi) is 5.53. The van der Waals surface area contributed by atoms with Crippen LogP contribution in [0.15, 0.2) is 63.8 Å². The van der Waals surface area contributed by atoms with Gasteiger partial charge in [-0.25, -0.2) is 4.68 Å². The number of aromatic nitrogens is 2. The number of ether oxygens (including phenoxy) is 1. The number of aryl methyl sites for hydroxylation is 1. The molecule has 0 unspecified atom stereocenters. The topological polar surface area (TPSA) is 103 Å². The third-order valence-electron chi connectivity index (χ3n) is 4.96.